The summed E-state index contributed by atoms with van der Waals surface area (Å²) in [5, 5.41) is 0. The predicted octanol–water partition coefficient (Wildman–Crippen LogP) is 2.16. The van der Waals surface area contributed by atoms with Crippen LogP contribution in [0.3, 0.4) is 0 Å². The van der Waals surface area contributed by atoms with Gasteiger partial charge in [-0.25, -0.2) is 0 Å². The minimum absolute atomic E-state index is 0.596. The van der Waals surface area contributed by atoms with E-state index in [0.717, 1.165) is 6.42 Å². The van der Waals surface area contributed by atoms with Crippen molar-refractivity contribution >= 4 is 15.3 Å². The SMILES string of the molecule is CCCCCCCCO[AsH](=O)OC. The number of unbranched alkanes of at least 4 members (excludes halogenated alkanes) is 5. The van der Waals surface area contributed by atoms with Crippen LogP contribution in [-0.4, -0.2) is 29.0 Å². The Morgan fingerprint density at radius 1 is 1.08 bits per heavy atom. The van der Waals surface area contributed by atoms with Crippen LogP contribution in [0.2, 0.25) is 0 Å². The molecule has 0 aromatic heterocycles. The maximum atomic E-state index is 10.8. The van der Waals surface area contributed by atoms with Gasteiger partial charge in [0.1, 0.15) is 0 Å². The van der Waals surface area contributed by atoms with Gasteiger partial charge in [-0.1, -0.05) is 0 Å². The Bertz CT molecular complexity index is 128. The normalized spacial score (nSPS) is 13.1. The summed E-state index contributed by atoms with van der Waals surface area (Å²) in [6, 6.07) is 0. The molecule has 3 nitrogen and oxygen atoms in total. The van der Waals surface area contributed by atoms with Gasteiger partial charge in [0, 0.05) is 0 Å². The van der Waals surface area contributed by atoms with E-state index in [1.807, 2.05) is 0 Å². The second kappa shape index (κ2) is 10.4. The molecular weight excluding hydrogens is 231 g/mol. The molecule has 1 unspecified atom stereocenters. The molecule has 0 aliphatic heterocycles. The van der Waals surface area contributed by atoms with Crippen LogP contribution in [0.15, 0.2) is 0 Å². The molecule has 0 radical (unpaired) electrons. The van der Waals surface area contributed by atoms with Gasteiger partial charge in [-0.2, -0.15) is 0 Å². The van der Waals surface area contributed by atoms with E-state index in [9.17, 15) is 3.74 Å². The maximum absolute atomic E-state index is 10.8. The van der Waals surface area contributed by atoms with Gasteiger partial charge < -0.3 is 0 Å². The van der Waals surface area contributed by atoms with Crippen molar-refractivity contribution in [3.8, 4) is 0 Å². The fourth-order valence-corrected chi connectivity index (χ4v) is 2.00. The molecule has 0 heterocycles. The van der Waals surface area contributed by atoms with Crippen molar-refractivity contribution in [2.75, 3.05) is 13.7 Å². The molecule has 0 saturated carbocycles. The first-order chi connectivity index (χ1) is 6.31. The monoisotopic (exact) mass is 252 g/mol. The Balaban J connectivity index is 2.95. The van der Waals surface area contributed by atoms with Gasteiger partial charge in [-0.15, -0.1) is 0 Å². The Morgan fingerprint density at radius 3 is 2.31 bits per heavy atom. The molecule has 0 spiro atoms. The van der Waals surface area contributed by atoms with Crippen molar-refractivity contribution in [2.24, 2.45) is 0 Å². The van der Waals surface area contributed by atoms with E-state index in [-0.39, 0.29) is 0 Å². The first kappa shape index (κ1) is 13.3. The zero-order valence-corrected chi connectivity index (χ0v) is 10.8. The molecule has 0 fully saturated rings. The molecule has 0 aromatic rings. The first-order valence-corrected chi connectivity index (χ1v) is 7.59. The summed E-state index contributed by atoms with van der Waals surface area (Å²) >= 11 is -2.74. The van der Waals surface area contributed by atoms with Crippen LogP contribution in [0.5, 0.6) is 0 Å². The number of hydrogen-bond donors (Lipinski definition) is 0. The molecular formula is C9H21AsO3. The Hall–Kier alpha value is 0.278. The average molecular weight is 252 g/mol. The molecule has 0 rings (SSSR count). The van der Waals surface area contributed by atoms with Crippen LogP contribution in [0.25, 0.3) is 0 Å². The third-order valence-electron chi connectivity index (χ3n) is 1.88. The summed E-state index contributed by atoms with van der Waals surface area (Å²) < 4.78 is 20.3. The van der Waals surface area contributed by atoms with Gasteiger partial charge in [0.2, 0.25) is 0 Å². The van der Waals surface area contributed by atoms with Gasteiger partial charge in [0.15, 0.2) is 0 Å². The number of rotatable bonds is 9. The van der Waals surface area contributed by atoms with Crippen LogP contribution in [0, 0.1) is 0 Å². The molecule has 13 heavy (non-hydrogen) atoms. The van der Waals surface area contributed by atoms with Gasteiger partial charge in [-0.05, 0) is 0 Å². The second-order valence-electron chi connectivity index (χ2n) is 3.07. The molecule has 0 N–H and O–H groups in total. The topological polar surface area (TPSA) is 35.5 Å². The van der Waals surface area contributed by atoms with Crippen LogP contribution in [0.4, 0.5) is 0 Å². The van der Waals surface area contributed by atoms with Crippen LogP contribution >= 0.6 is 0 Å². The van der Waals surface area contributed by atoms with Gasteiger partial charge >= 0.3 is 85.6 Å². The molecule has 80 valence electrons. The van der Waals surface area contributed by atoms with Crippen molar-refractivity contribution in [1.82, 2.24) is 0 Å². The van der Waals surface area contributed by atoms with Crippen molar-refractivity contribution in [2.45, 2.75) is 45.4 Å². The van der Waals surface area contributed by atoms with E-state index >= 15 is 0 Å². The van der Waals surface area contributed by atoms with E-state index in [0.29, 0.717) is 6.61 Å². The van der Waals surface area contributed by atoms with Crippen molar-refractivity contribution in [1.29, 1.82) is 0 Å². The quantitative estimate of drug-likeness (QED) is 0.466. The van der Waals surface area contributed by atoms with Gasteiger partial charge in [0.05, 0.1) is 0 Å². The van der Waals surface area contributed by atoms with Crippen LogP contribution in [0.1, 0.15) is 45.4 Å². The Labute approximate surface area is 86.0 Å². The molecule has 0 bridgehead atoms. The van der Waals surface area contributed by atoms with E-state index in [1.165, 1.54) is 39.2 Å². The number of hydrogen-bond acceptors (Lipinski definition) is 3. The molecule has 0 aromatic carbocycles. The van der Waals surface area contributed by atoms with Crippen LogP contribution in [-0.2, 0) is 11.2 Å². The Kier molecular flexibility index (Phi) is 10.6. The molecule has 0 saturated heterocycles. The summed E-state index contributed by atoms with van der Waals surface area (Å²) in [5.74, 6) is 0. The van der Waals surface area contributed by atoms with E-state index in [1.54, 1.807) is 0 Å². The summed E-state index contributed by atoms with van der Waals surface area (Å²) in [6.07, 6.45) is 7.34. The van der Waals surface area contributed by atoms with Crippen molar-refractivity contribution in [3.63, 3.8) is 0 Å². The summed E-state index contributed by atoms with van der Waals surface area (Å²) in [5.41, 5.74) is 0. The minimum atomic E-state index is -2.74. The predicted molar refractivity (Wildman–Crippen MR) is 54.2 cm³/mol. The average Bonchev–Trinajstić information content (AvgIpc) is 2.16. The van der Waals surface area contributed by atoms with Crippen LogP contribution < -0.4 is 0 Å². The third-order valence-corrected chi connectivity index (χ3v) is 3.51. The van der Waals surface area contributed by atoms with E-state index in [2.05, 4.69) is 10.6 Å². The zero-order chi connectivity index (χ0) is 9.94. The fraction of sp³-hybridized carbons (Fsp3) is 1.00. The third kappa shape index (κ3) is 10.2. The van der Waals surface area contributed by atoms with Crippen molar-refractivity contribution in [3.05, 3.63) is 0 Å². The zero-order valence-electron chi connectivity index (χ0n) is 8.67. The summed E-state index contributed by atoms with van der Waals surface area (Å²) in [4.78, 5) is 0. The molecule has 4 heteroatoms. The van der Waals surface area contributed by atoms with E-state index < -0.39 is 15.3 Å². The first-order valence-electron chi connectivity index (χ1n) is 5.02. The summed E-state index contributed by atoms with van der Waals surface area (Å²) in [7, 11) is 1.43. The fourth-order valence-electron chi connectivity index (χ4n) is 1.10. The molecule has 0 aliphatic rings. The second-order valence-corrected chi connectivity index (χ2v) is 5.58. The van der Waals surface area contributed by atoms with Gasteiger partial charge in [-0.3, -0.25) is 0 Å². The van der Waals surface area contributed by atoms with E-state index in [4.69, 9.17) is 3.73 Å². The molecule has 0 aliphatic carbocycles. The molecule has 1 atom stereocenters. The standard InChI is InChI=1S/C9H21AsO3/c1-3-4-5-6-7-8-9-13-10(11)12-2/h10H,3-9H2,1-2H3. The Morgan fingerprint density at radius 2 is 1.69 bits per heavy atom. The summed E-state index contributed by atoms with van der Waals surface area (Å²) in [6.45, 7) is 2.80. The van der Waals surface area contributed by atoms with Crippen molar-refractivity contribution < 1.29 is 11.2 Å². The van der Waals surface area contributed by atoms with Gasteiger partial charge in [0.25, 0.3) is 0 Å². The molecule has 0 amide bonds.